The largest absolute Gasteiger partial charge is 0.457 e. The van der Waals surface area contributed by atoms with Crippen LogP contribution in [0.25, 0.3) is 21.9 Å². The molecule has 0 saturated heterocycles. The SMILES string of the molecule is CC(C)(C)c1ccc(N(c2ccc([Si](C)(C)C)cc2)c2ccc3c(c2)C2(c4ccccc4Oc4ccccc42)c2cc(N(c4ccc(C(C)(C)C)cc4)c4ccc([Si](C)(C)C)cc4)c4ccccc4c2-3)cc1. The van der Waals surface area contributed by atoms with Crippen LogP contribution in [0.15, 0.2) is 194 Å². The molecule has 1 spiro atoms. The van der Waals surface area contributed by atoms with E-state index in [-0.39, 0.29) is 10.8 Å². The third-order valence-corrected chi connectivity index (χ3v) is 19.5. The highest BCUT2D eigenvalue weighted by atomic mass is 28.3. The number of rotatable bonds is 8. The van der Waals surface area contributed by atoms with E-state index < -0.39 is 21.6 Å². The molecule has 0 atom stereocenters. The third kappa shape index (κ3) is 7.93. The first-order valence-electron chi connectivity index (χ1n) is 25.8. The molecule has 2 aliphatic rings. The number of para-hydroxylation sites is 2. The van der Waals surface area contributed by atoms with Gasteiger partial charge in [0.25, 0.3) is 0 Å². The highest BCUT2D eigenvalue weighted by Crippen LogP contribution is 2.65. The van der Waals surface area contributed by atoms with E-state index in [2.05, 4.69) is 285 Å². The second-order valence-corrected chi connectivity index (χ2v) is 34.5. The van der Waals surface area contributed by atoms with E-state index in [1.54, 1.807) is 0 Å². The molecule has 9 aromatic carbocycles. The summed E-state index contributed by atoms with van der Waals surface area (Å²) in [6, 6.07) is 73.8. The molecule has 3 nitrogen and oxygen atoms in total. The summed E-state index contributed by atoms with van der Waals surface area (Å²) < 4.78 is 6.95. The molecular formula is C67H68N2OSi2. The first-order chi connectivity index (χ1) is 34.2. The maximum Gasteiger partial charge on any atom is 0.132 e. The van der Waals surface area contributed by atoms with E-state index in [0.29, 0.717) is 0 Å². The van der Waals surface area contributed by atoms with Crippen molar-refractivity contribution in [2.24, 2.45) is 0 Å². The fourth-order valence-electron chi connectivity index (χ4n) is 11.4. The lowest BCUT2D eigenvalue weighted by Crippen LogP contribution is -2.37. The van der Waals surface area contributed by atoms with E-state index in [9.17, 15) is 0 Å². The molecule has 72 heavy (non-hydrogen) atoms. The number of anilines is 6. The number of benzene rings is 9. The van der Waals surface area contributed by atoms with Gasteiger partial charge in [-0.25, -0.2) is 0 Å². The Morgan fingerprint density at radius 2 is 0.778 bits per heavy atom. The molecule has 0 aromatic heterocycles. The van der Waals surface area contributed by atoms with Gasteiger partial charge in [-0.2, -0.15) is 0 Å². The van der Waals surface area contributed by atoms with Crippen LogP contribution in [0.1, 0.15) is 74.9 Å². The summed E-state index contributed by atoms with van der Waals surface area (Å²) in [6.45, 7) is 28.3. The second kappa shape index (κ2) is 17.1. The first-order valence-corrected chi connectivity index (χ1v) is 32.8. The van der Waals surface area contributed by atoms with Gasteiger partial charge in [-0.15, -0.1) is 0 Å². The number of hydrogen-bond acceptors (Lipinski definition) is 3. The van der Waals surface area contributed by atoms with Crippen LogP contribution in [0, 0.1) is 0 Å². The van der Waals surface area contributed by atoms with E-state index in [0.717, 1.165) is 56.8 Å². The van der Waals surface area contributed by atoms with E-state index >= 15 is 0 Å². The summed E-state index contributed by atoms with van der Waals surface area (Å²) in [4.78, 5) is 4.97. The minimum atomic E-state index is -1.58. The average molecular weight is 973 g/mol. The molecule has 0 unspecified atom stereocenters. The van der Waals surface area contributed by atoms with Gasteiger partial charge < -0.3 is 14.5 Å². The molecule has 5 heteroatoms. The minimum absolute atomic E-state index is 0.0202. The van der Waals surface area contributed by atoms with Crippen molar-refractivity contribution in [3.05, 3.63) is 228 Å². The van der Waals surface area contributed by atoms with Crippen LogP contribution in [-0.4, -0.2) is 16.1 Å². The van der Waals surface area contributed by atoms with Gasteiger partial charge in [-0.1, -0.05) is 206 Å². The molecule has 0 radical (unpaired) electrons. The Morgan fingerprint density at radius 1 is 0.375 bits per heavy atom. The van der Waals surface area contributed by atoms with Crippen LogP contribution >= 0.6 is 0 Å². The molecule has 11 rings (SSSR count). The molecule has 360 valence electrons. The first kappa shape index (κ1) is 47.4. The Labute approximate surface area is 430 Å². The highest BCUT2D eigenvalue weighted by molar-refractivity contribution is 6.89. The smallest absolute Gasteiger partial charge is 0.132 e. The number of hydrogen-bond donors (Lipinski definition) is 0. The number of fused-ring (bicyclic) bond motifs is 11. The van der Waals surface area contributed by atoms with Gasteiger partial charge in [0.1, 0.15) is 11.5 Å². The van der Waals surface area contributed by atoms with Gasteiger partial charge in [-0.05, 0) is 128 Å². The van der Waals surface area contributed by atoms with Gasteiger partial charge in [0.15, 0.2) is 0 Å². The summed E-state index contributed by atoms with van der Waals surface area (Å²) in [5, 5.41) is 5.32. The lowest BCUT2D eigenvalue weighted by atomic mass is 9.66. The third-order valence-electron chi connectivity index (χ3n) is 15.4. The van der Waals surface area contributed by atoms with E-state index in [1.807, 2.05) is 0 Å². The molecule has 1 aliphatic heterocycles. The summed E-state index contributed by atoms with van der Waals surface area (Å²) in [5.74, 6) is 1.76. The molecule has 1 aliphatic carbocycles. The van der Waals surface area contributed by atoms with Crippen molar-refractivity contribution in [3.63, 3.8) is 0 Å². The van der Waals surface area contributed by atoms with Crippen molar-refractivity contribution in [2.75, 3.05) is 9.80 Å². The molecule has 0 fully saturated rings. The van der Waals surface area contributed by atoms with Gasteiger partial charge in [-0.3, -0.25) is 0 Å². The fourth-order valence-corrected chi connectivity index (χ4v) is 13.7. The summed E-state index contributed by atoms with van der Waals surface area (Å²) >= 11 is 0. The van der Waals surface area contributed by atoms with Gasteiger partial charge in [0.2, 0.25) is 0 Å². The lowest BCUT2D eigenvalue weighted by molar-refractivity contribution is 0.436. The van der Waals surface area contributed by atoms with Crippen molar-refractivity contribution in [2.45, 2.75) is 97.1 Å². The molecule has 0 bridgehead atoms. The van der Waals surface area contributed by atoms with Crippen LogP contribution in [0.2, 0.25) is 39.3 Å². The Balaban J connectivity index is 1.22. The van der Waals surface area contributed by atoms with E-state index in [4.69, 9.17) is 4.74 Å². The molecule has 0 saturated carbocycles. The van der Waals surface area contributed by atoms with Crippen molar-refractivity contribution in [3.8, 4) is 22.6 Å². The van der Waals surface area contributed by atoms with Crippen LogP contribution in [0.5, 0.6) is 11.5 Å². The number of ether oxygens (including phenoxy) is 1. The van der Waals surface area contributed by atoms with Gasteiger partial charge in [0.05, 0.1) is 27.3 Å². The zero-order chi connectivity index (χ0) is 50.5. The van der Waals surface area contributed by atoms with Gasteiger partial charge >= 0.3 is 0 Å². The van der Waals surface area contributed by atoms with Crippen molar-refractivity contribution >= 4 is 71.4 Å². The van der Waals surface area contributed by atoms with Crippen molar-refractivity contribution in [1.29, 1.82) is 0 Å². The highest BCUT2D eigenvalue weighted by Gasteiger charge is 2.52. The topological polar surface area (TPSA) is 15.7 Å². The quantitative estimate of drug-likeness (QED) is 0.141. The summed E-state index contributed by atoms with van der Waals surface area (Å²) in [7, 11) is -3.13. The minimum Gasteiger partial charge on any atom is -0.457 e. The molecular weight excluding hydrogens is 905 g/mol. The van der Waals surface area contributed by atoms with Crippen LogP contribution in [0.3, 0.4) is 0 Å². The average Bonchev–Trinajstić information content (AvgIpc) is 3.63. The zero-order valence-electron chi connectivity index (χ0n) is 44.3. The van der Waals surface area contributed by atoms with Crippen molar-refractivity contribution < 1.29 is 4.74 Å². The van der Waals surface area contributed by atoms with E-state index in [1.165, 1.54) is 54.5 Å². The Kier molecular flexibility index (Phi) is 11.3. The number of nitrogens with zero attached hydrogens (tertiary/aromatic N) is 2. The van der Waals surface area contributed by atoms with Gasteiger partial charge in [0, 0.05) is 45.0 Å². The molecule has 0 amide bonds. The Bertz CT molecular complexity index is 3350. The molecule has 0 N–H and O–H groups in total. The maximum atomic E-state index is 6.95. The van der Waals surface area contributed by atoms with Crippen molar-refractivity contribution in [1.82, 2.24) is 0 Å². The predicted molar refractivity (Wildman–Crippen MR) is 314 cm³/mol. The summed E-state index contributed by atoms with van der Waals surface area (Å²) in [5.41, 5.74) is 16.0. The second-order valence-electron chi connectivity index (χ2n) is 24.3. The Hall–Kier alpha value is -6.93. The normalized spacial score (nSPS) is 13.8. The zero-order valence-corrected chi connectivity index (χ0v) is 46.3. The maximum absolute atomic E-state index is 6.95. The standard InChI is InChI=1S/C67H68N2OSi2/c1-65(2,3)45-25-29-47(30-26-45)68(48-33-38-52(39-34-48)71(7,8)9)51-37-42-56-59(43-51)67(57-21-15-17-23-62(57)70-63-24-18-16-22-58(63)67)60-44-61(54-19-13-14-20-55(54)64(56)60)69(49-31-27-46(28-32-49)66(4,5)6)50-35-40-53(41-36-50)72(10,11)12/h13-44H,1-12H3. The summed E-state index contributed by atoms with van der Waals surface area (Å²) in [6.07, 6.45) is 0. The Morgan fingerprint density at radius 3 is 1.24 bits per heavy atom. The van der Waals surface area contributed by atoms with Crippen LogP contribution in [0.4, 0.5) is 34.1 Å². The fraction of sp³-hybridized carbons (Fsp3) is 0.224. The lowest BCUT2D eigenvalue weighted by Gasteiger charge is -2.40. The van der Waals surface area contributed by atoms with Crippen LogP contribution < -0.4 is 24.9 Å². The molecule has 9 aromatic rings. The molecule has 1 heterocycles. The van der Waals surface area contributed by atoms with Crippen LogP contribution in [-0.2, 0) is 16.2 Å². The monoisotopic (exact) mass is 972 g/mol. The predicted octanol–water partition coefficient (Wildman–Crippen LogP) is 17.9.